The minimum atomic E-state index is -0.199. The minimum Gasteiger partial charge on any atom is -0.207 e. The molecule has 0 heterocycles. The van der Waals surface area contributed by atoms with Crippen LogP contribution in [-0.2, 0) is 6.42 Å². The summed E-state index contributed by atoms with van der Waals surface area (Å²) in [5.74, 6) is -0.199. The molecule has 2 aromatic rings. The quantitative estimate of drug-likeness (QED) is 0.474. The average Bonchev–Trinajstić information content (AvgIpc) is 2.49. The van der Waals surface area contributed by atoms with Gasteiger partial charge in [-0.15, -0.1) is 6.58 Å². The maximum Gasteiger partial charge on any atom is 0.123 e. The van der Waals surface area contributed by atoms with E-state index in [0.717, 1.165) is 30.4 Å². The fraction of sp³-hybridized carbons (Fsp3) is 0.158. The lowest BCUT2D eigenvalue weighted by Gasteiger charge is -2.03. The molecule has 0 aliphatic heterocycles. The third-order valence-corrected chi connectivity index (χ3v) is 3.19. The van der Waals surface area contributed by atoms with Gasteiger partial charge in [0.05, 0.1) is 0 Å². The van der Waals surface area contributed by atoms with Crippen molar-refractivity contribution in [3.8, 4) is 11.1 Å². The predicted octanol–water partition coefficient (Wildman–Crippen LogP) is 5.56. The van der Waals surface area contributed by atoms with E-state index in [1.807, 2.05) is 6.08 Å². The van der Waals surface area contributed by atoms with Gasteiger partial charge in [0.25, 0.3) is 0 Å². The van der Waals surface area contributed by atoms with E-state index in [9.17, 15) is 4.39 Å². The summed E-state index contributed by atoms with van der Waals surface area (Å²) in [6.07, 6.45) is 9.34. The van der Waals surface area contributed by atoms with Crippen LogP contribution < -0.4 is 0 Å². The third-order valence-electron chi connectivity index (χ3n) is 3.19. The lowest BCUT2D eigenvalue weighted by molar-refractivity contribution is 0.628. The van der Waals surface area contributed by atoms with Gasteiger partial charge in [-0.2, -0.15) is 0 Å². The Morgan fingerprint density at radius 1 is 0.800 bits per heavy atom. The zero-order valence-corrected chi connectivity index (χ0v) is 11.6. The van der Waals surface area contributed by atoms with Crippen LogP contribution in [0.1, 0.15) is 18.4 Å². The minimum absolute atomic E-state index is 0.199. The van der Waals surface area contributed by atoms with Crippen LogP contribution in [-0.4, -0.2) is 0 Å². The van der Waals surface area contributed by atoms with E-state index >= 15 is 0 Å². The van der Waals surface area contributed by atoms with Crippen molar-refractivity contribution < 1.29 is 4.39 Å². The number of allylic oxidation sites excluding steroid dienone is 3. The molecule has 0 nitrogen and oxygen atoms in total. The van der Waals surface area contributed by atoms with Gasteiger partial charge in [0.15, 0.2) is 0 Å². The molecule has 0 bridgehead atoms. The lowest BCUT2D eigenvalue weighted by atomic mass is 10.0. The van der Waals surface area contributed by atoms with Crippen molar-refractivity contribution in [3.63, 3.8) is 0 Å². The first-order valence-corrected chi connectivity index (χ1v) is 6.90. The standard InChI is InChI=1S/C19H19F/c1-2-3-4-5-6-7-16-8-10-17(11-9-16)18-12-14-19(20)15-13-18/h2,5-6,8-15H,1,3-4,7H2/b6-5-. The second kappa shape index (κ2) is 7.44. The van der Waals surface area contributed by atoms with E-state index < -0.39 is 0 Å². The van der Waals surface area contributed by atoms with Crippen molar-refractivity contribution in [2.45, 2.75) is 19.3 Å². The molecule has 0 spiro atoms. The summed E-state index contributed by atoms with van der Waals surface area (Å²) in [6.45, 7) is 3.70. The second-order valence-corrected chi connectivity index (χ2v) is 4.75. The molecule has 2 rings (SSSR count). The van der Waals surface area contributed by atoms with Crippen molar-refractivity contribution in [1.82, 2.24) is 0 Å². The van der Waals surface area contributed by atoms with E-state index in [1.54, 1.807) is 12.1 Å². The normalized spacial score (nSPS) is 10.8. The van der Waals surface area contributed by atoms with Gasteiger partial charge in [-0.1, -0.05) is 54.6 Å². The topological polar surface area (TPSA) is 0 Å². The fourth-order valence-corrected chi connectivity index (χ4v) is 2.03. The molecule has 0 saturated heterocycles. The monoisotopic (exact) mass is 266 g/mol. The summed E-state index contributed by atoms with van der Waals surface area (Å²) in [6, 6.07) is 15.0. The molecule has 0 amide bonds. The summed E-state index contributed by atoms with van der Waals surface area (Å²) in [7, 11) is 0. The second-order valence-electron chi connectivity index (χ2n) is 4.75. The zero-order chi connectivity index (χ0) is 14.2. The van der Waals surface area contributed by atoms with Crippen LogP contribution in [0.4, 0.5) is 4.39 Å². The largest absolute Gasteiger partial charge is 0.207 e. The number of hydrogen-bond donors (Lipinski definition) is 0. The molecule has 0 aliphatic rings. The number of halogens is 1. The number of rotatable bonds is 6. The first kappa shape index (κ1) is 14.3. The number of hydrogen-bond acceptors (Lipinski definition) is 0. The summed E-state index contributed by atoms with van der Waals surface area (Å²) in [4.78, 5) is 0. The van der Waals surface area contributed by atoms with E-state index in [-0.39, 0.29) is 5.82 Å². The average molecular weight is 266 g/mol. The van der Waals surface area contributed by atoms with Crippen molar-refractivity contribution >= 4 is 0 Å². The lowest BCUT2D eigenvalue weighted by Crippen LogP contribution is -1.83. The van der Waals surface area contributed by atoms with Gasteiger partial charge in [-0.3, -0.25) is 0 Å². The van der Waals surface area contributed by atoms with Gasteiger partial charge >= 0.3 is 0 Å². The molecule has 0 radical (unpaired) electrons. The van der Waals surface area contributed by atoms with Crippen LogP contribution in [0.5, 0.6) is 0 Å². The van der Waals surface area contributed by atoms with E-state index in [4.69, 9.17) is 0 Å². The first-order chi connectivity index (χ1) is 9.79. The Hall–Kier alpha value is -2.15. The van der Waals surface area contributed by atoms with E-state index in [1.165, 1.54) is 17.7 Å². The summed E-state index contributed by atoms with van der Waals surface area (Å²) >= 11 is 0. The van der Waals surface area contributed by atoms with Crippen molar-refractivity contribution in [2.24, 2.45) is 0 Å². The highest BCUT2D eigenvalue weighted by molar-refractivity contribution is 5.63. The van der Waals surface area contributed by atoms with Crippen LogP contribution >= 0.6 is 0 Å². The summed E-state index contributed by atoms with van der Waals surface area (Å²) < 4.78 is 12.9. The molecule has 2 aromatic carbocycles. The van der Waals surface area contributed by atoms with Crippen LogP contribution in [0.2, 0.25) is 0 Å². The van der Waals surface area contributed by atoms with Crippen molar-refractivity contribution in [2.75, 3.05) is 0 Å². The summed E-state index contributed by atoms with van der Waals surface area (Å²) in [5.41, 5.74) is 3.44. The Morgan fingerprint density at radius 3 is 2.00 bits per heavy atom. The van der Waals surface area contributed by atoms with Crippen molar-refractivity contribution in [1.29, 1.82) is 0 Å². The molecule has 0 saturated carbocycles. The van der Waals surface area contributed by atoms with Gasteiger partial charge in [0, 0.05) is 0 Å². The van der Waals surface area contributed by atoms with Crippen LogP contribution in [0.25, 0.3) is 11.1 Å². The van der Waals surface area contributed by atoms with Crippen LogP contribution in [0.15, 0.2) is 73.3 Å². The smallest absolute Gasteiger partial charge is 0.123 e. The molecule has 0 aliphatic carbocycles. The molecule has 0 unspecified atom stereocenters. The maximum atomic E-state index is 12.9. The molecule has 0 N–H and O–H groups in total. The van der Waals surface area contributed by atoms with Gasteiger partial charge in [0.1, 0.15) is 5.82 Å². The Morgan fingerprint density at radius 2 is 1.40 bits per heavy atom. The van der Waals surface area contributed by atoms with E-state index in [2.05, 4.69) is 43.0 Å². The maximum absolute atomic E-state index is 12.9. The molecule has 1 heteroatoms. The highest BCUT2D eigenvalue weighted by atomic mass is 19.1. The highest BCUT2D eigenvalue weighted by Crippen LogP contribution is 2.20. The summed E-state index contributed by atoms with van der Waals surface area (Å²) in [5, 5.41) is 0. The van der Waals surface area contributed by atoms with Crippen LogP contribution in [0.3, 0.4) is 0 Å². The predicted molar refractivity (Wildman–Crippen MR) is 84.1 cm³/mol. The Balaban J connectivity index is 1.97. The number of benzene rings is 2. The Kier molecular flexibility index (Phi) is 5.31. The highest BCUT2D eigenvalue weighted by Gasteiger charge is 1.98. The van der Waals surface area contributed by atoms with Gasteiger partial charge in [-0.05, 0) is 48.1 Å². The van der Waals surface area contributed by atoms with Gasteiger partial charge in [0.2, 0.25) is 0 Å². The third kappa shape index (κ3) is 4.20. The van der Waals surface area contributed by atoms with Gasteiger partial charge in [-0.25, -0.2) is 4.39 Å². The molecule has 20 heavy (non-hydrogen) atoms. The van der Waals surface area contributed by atoms with Crippen molar-refractivity contribution in [3.05, 3.63) is 84.7 Å². The zero-order valence-electron chi connectivity index (χ0n) is 11.6. The molecule has 102 valence electrons. The SMILES string of the molecule is C=CCC/C=C\Cc1ccc(-c2ccc(F)cc2)cc1. The molecule has 0 fully saturated rings. The first-order valence-electron chi connectivity index (χ1n) is 6.90. The fourth-order valence-electron chi connectivity index (χ4n) is 2.03. The Labute approximate surface area is 120 Å². The number of unbranched alkanes of at least 4 members (excludes halogenated alkanes) is 1. The Bertz CT molecular complexity index is 562. The van der Waals surface area contributed by atoms with Gasteiger partial charge < -0.3 is 0 Å². The molecular weight excluding hydrogens is 247 g/mol. The molecule has 0 aromatic heterocycles. The molecular formula is C19H19F. The van der Waals surface area contributed by atoms with Crippen LogP contribution in [0, 0.1) is 5.82 Å². The van der Waals surface area contributed by atoms with E-state index in [0.29, 0.717) is 0 Å². The molecule has 0 atom stereocenters.